The molecule has 0 aliphatic heterocycles. The van der Waals surface area contributed by atoms with Gasteiger partial charge in [0.05, 0.1) is 22.8 Å². The number of fused-ring (bicyclic) bond motifs is 1. The first-order valence-electron chi connectivity index (χ1n) is 8.09. The van der Waals surface area contributed by atoms with Crippen LogP contribution >= 0.6 is 11.8 Å². The summed E-state index contributed by atoms with van der Waals surface area (Å²) in [5.74, 6) is 0.378. The van der Waals surface area contributed by atoms with Crippen LogP contribution < -0.4 is 0 Å². The van der Waals surface area contributed by atoms with Crippen LogP contribution in [-0.4, -0.2) is 4.98 Å². The minimum atomic E-state index is -4.57. The third-order valence-electron chi connectivity index (χ3n) is 4.29. The molecule has 1 aromatic carbocycles. The Bertz CT molecular complexity index is 906. The second-order valence-electron chi connectivity index (χ2n) is 6.01. The fraction of sp³-hybridized carbons (Fsp3) is 0.316. The average Bonchev–Trinajstić information content (AvgIpc) is 2.64. The number of hydrogen-bond acceptors (Lipinski definition) is 4. The molecule has 0 N–H and O–H groups in total. The van der Waals surface area contributed by atoms with Crippen LogP contribution in [0.15, 0.2) is 29.3 Å². The van der Waals surface area contributed by atoms with E-state index in [1.807, 2.05) is 6.07 Å². The number of nitrogens with zero attached hydrogens (tertiary/aromatic N) is 3. The van der Waals surface area contributed by atoms with E-state index in [9.17, 15) is 18.4 Å². The molecule has 1 heterocycles. The highest BCUT2D eigenvalue weighted by molar-refractivity contribution is 7.98. The van der Waals surface area contributed by atoms with E-state index in [-0.39, 0.29) is 16.2 Å². The normalized spacial score (nSPS) is 13.6. The molecule has 0 amide bonds. The molecular weight excluding hydrogens is 359 g/mol. The predicted molar refractivity (Wildman–Crippen MR) is 91.3 cm³/mol. The van der Waals surface area contributed by atoms with E-state index in [1.165, 1.54) is 0 Å². The smallest absolute Gasteiger partial charge is 0.245 e. The second kappa shape index (κ2) is 7.39. The fourth-order valence-electron chi connectivity index (χ4n) is 3.07. The number of rotatable bonds is 3. The molecule has 0 spiro atoms. The molecule has 26 heavy (non-hydrogen) atoms. The van der Waals surface area contributed by atoms with Gasteiger partial charge >= 0.3 is 6.18 Å². The van der Waals surface area contributed by atoms with Gasteiger partial charge in [-0.3, -0.25) is 0 Å². The molecule has 3 nitrogen and oxygen atoms in total. The third kappa shape index (κ3) is 3.68. The van der Waals surface area contributed by atoms with Crippen molar-refractivity contribution in [1.29, 1.82) is 10.5 Å². The molecule has 0 saturated heterocycles. The number of nitriles is 2. The summed E-state index contributed by atoms with van der Waals surface area (Å²) in [6, 6.07) is 10.6. The zero-order valence-corrected chi connectivity index (χ0v) is 14.5. The summed E-state index contributed by atoms with van der Waals surface area (Å²) in [7, 11) is 0. The summed E-state index contributed by atoms with van der Waals surface area (Å²) >= 11 is 1.12. The lowest BCUT2D eigenvalue weighted by atomic mass is 9.90. The van der Waals surface area contributed by atoms with Crippen molar-refractivity contribution in [2.75, 3.05) is 0 Å². The Morgan fingerprint density at radius 1 is 1.04 bits per heavy atom. The maximum Gasteiger partial charge on any atom is 0.418 e. The SMILES string of the molecule is N#Cc1ccc(CSc2nc3c(c(C(F)(F)F)c2C#N)CCCC3)cc1. The minimum absolute atomic E-state index is 0.129. The van der Waals surface area contributed by atoms with E-state index in [0.29, 0.717) is 36.3 Å². The number of hydrogen-bond donors (Lipinski definition) is 0. The first kappa shape index (κ1) is 18.3. The molecule has 0 unspecified atom stereocenters. The molecule has 132 valence electrons. The van der Waals surface area contributed by atoms with Gasteiger partial charge in [-0.25, -0.2) is 4.98 Å². The van der Waals surface area contributed by atoms with Gasteiger partial charge in [0.2, 0.25) is 0 Å². The predicted octanol–water partition coefficient (Wildman–Crippen LogP) is 5.01. The van der Waals surface area contributed by atoms with E-state index in [0.717, 1.165) is 23.7 Å². The van der Waals surface area contributed by atoms with E-state index in [4.69, 9.17) is 5.26 Å². The Morgan fingerprint density at radius 3 is 2.35 bits per heavy atom. The van der Waals surface area contributed by atoms with Crippen LogP contribution in [0.3, 0.4) is 0 Å². The summed E-state index contributed by atoms with van der Waals surface area (Å²) in [6.45, 7) is 0. The van der Waals surface area contributed by atoms with Crippen molar-refractivity contribution in [2.24, 2.45) is 0 Å². The lowest BCUT2D eigenvalue weighted by Gasteiger charge is -2.22. The molecular formula is C19H14F3N3S. The summed E-state index contributed by atoms with van der Waals surface area (Å²) < 4.78 is 40.9. The Hall–Kier alpha value is -2.51. The van der Waals surface area contributed by atoms with Gasteiger partial charge in [-0.05, 0) is 48.9 Å². The summed E-state index contributed by atoms with van der Waals surface area (Å²) in [6.07, 6.45) is -2.26. The topological polar surface area (TPSA) is 60.5 Å². The first-order chi connectivity index (χ1) is 12.4. The van der Waals surface area contributed by atoms with Gasteiger partial charge in [-0.15, -0.1) is 11.8 Å². The van der Waals surface area contributed by atoms with E-state index >= 15 is 0 Å². The van der Waals surface area contributed by atoms with Crippen molar-refractivity contribution >= 4 is 11.8 Å². The fourth-order valence-corrected chi connectivity index (χ4v) is 4.03. The first-order valence-corrected chi connectivity index (χ1v) is 9.07. The molecule has 7 heteroatoms. The van der Waals surface area contributed by atoms with E-state index < -0.39 is 11.7 Å². The number of aromatic nitrogens is 1. The second-order valence-corrected chi connectivity index (χ2v) is 6.97. The highest BCUT2D eigenvalue weighted by atomic mass is 32.2. The molecule has 1 aliphatic carbocycles. The number of benzene rings is 1. The van der Waals surface area contributed by atoms with Crippen LogP contribution in [0.5, 0.6) is 0 Å². The van der Waals surface area contributed by atoms with Crippen LogP contribution in [0, 0.1) is 22.7 Å². The van der Waals surface area contributed by atoms with Gasteiger partial charge in [0.1, 0.15) is 11.1 Å². The maximum absolute atomic E-state index is 13.6. The van der Waals surface area contributed by atoms with Gasteiger partial charge in [-0.1, -0.05) is 12.1 Å². The zero-order valence-electron chi connectivity index (χ0n) is 13.7. The largest absolute Gasteiger partial charge is 0.418 e. The van der Waals surface area contributed by atoms with Crippen molar-refractivity contribution < 1.29 is 13.2 Å². The third-order valence-corrected chi connectivity index (χ3v) is 5.34. The number of halogens is 3. The molecule has 0 atom stereocenters. The summed E-state index contributed by atoms with van der Waals surface area (Å²) in [5.41, 5.74) is 0.824. The van der Waals surface area contributed by atoms with E-state index in [1.54, 1.807) is 30.3 Å². The molecule has 1 aliphatic rings. The maximum atomic E-state index is 13.6. The van der Waals surface area contributed by atoms with Gasteiger partial charge in [0.25, 0.3) is 0 Å². The highest BCUT2D eigenvalue weighted by Crippen LogP contribution is 2.41. The average molecular weight is 373 g/mol. The standard InChI is InChI=1S/C19H14F3N3S/c20-19(21,22)17-14-3-1-2-4-16(14)25-18(15(17)10-24)26-11-13-7-5-12(9-23)6-8-13/h5-8H,1-4,11H2. The lowest BCUT2D eigenvalue weighted by molar-refractivity contribution is -0.138. The van der Waals surface area contributed by atoms with Crippen molar-refractivity contribution in [3.05, 3.63) is 57.8 Å². The van der Waals surface area contributed by atoms with Crippen LogP contribution in [0.4, 0.5) is 13.2 Å². The number of aryl methyl sites for hydroxylation is 1. The van der Waals surface area contributed by atoms with Gasteiger partial charge < -0.3 is 0 Å². The Balaban J connectivity index is 1.98. The molecule has 2 aromatic rings. The molecule has 1 aromatic heterocycles. The molecule has 3 rings (SSSR count). The lowest BCUT2D eigenvalue weighted by Crippen LogP contribution is -2.19. The van der Waals surface area contributed by atoms with Crippen LogP contribution in [0.25, 0.3) is 0 Å². The zero-order chi connectivity index (χ0) is 18.7. The van der Waals surface area contributed by atoms with Crippen molar-refractivity contribution in [3.63, 3.8) is 0 Å². The van der Waals surface area contributed by atoms with Crippen molar-refractivity contribution in [3.8, 4) is 12.1 Å². The quantitative estimate of drug-likeness (QED) is 0.709. The van der Waals surface area contributed by atoms with E-state index in [2.05, 4.69) is 4.98 Å². The Kier molecular flexibility index (Phi) is 5.20. The number of pyridine rings is 1. The molecule has 0 fully saturated rings. The van der Waals surface area contributed by atoms with Crippen LogP contribution in [-0.2, 0) is 24.8 Å². The van der Waals surface area contributed by atoms with Gasteiger partial charge in [-0.2, -0.15) is 23.7 Å². The molecule has 0 radical (unpaired) electrons. The highest BCUT2D eigenvalue weighted by Gasteiger charge is 2.39. The van der Waals surface area contributed by atoms with Crippen LogP contribution in [0.2, 0.25) is 0 Å². The molecule has 0 bridgehead atoms. The monoisotopic (exact) mass is 373 g/mol. The summed E-state index contributed by atoms with van der Waals surface area (Å²) in [4.78, 5) is 4.40. The molecule has 0 saturated carbocycles. The van der Waals surface area contributed by atoms with Crippen molar-refractivity contribution in [1.82, 2.24) is 4.98 Å². The van der Waals surface area contributed by atoms with Crippen molar-refractivity contribution in [2.45, 2.75) is 42.6 Å². The Labute approximate surface area is 153 Å². The Morgan fingerprint density at radius 2 is 1.73 bits per heavy atom. The van der Waals surface area contributed by atoms with Gasteiger partial charge in [0.15, 0.2) is 0 Å². The number of alkyl halides is 3. The van der Waals surface area contributed by atoms with Gasteiger partial charge in [0, 0.05) is 11.4 Å². The summed E-state index contributed by atoms with van der Waals surface area (Å²) in [5, 5.41) is 18.3. The van der Waals surface area contributed by atoms with Crippen LogP contribution in [0.1, 0.15) is 46.4 Å². The number of thioether (sulfide) groups is 1. The minimum Gasteiger partial charge on any atom is -0.245 e.